The Kier molecular flexibility index (Phi) is 5.25. The van der Waals surface area contributed by atoms with E-state index in [1.54, 1.807) is 12.1 Å². The molecule has 1 saturated heterocycles. The molecule has 0 radical (unpaired) electrons. The predicted octanol–water partition coefficient (Wildman–Crippen LogP) is 3.04. The van der Waals surface area contributed by atoms with E-state index in [-0.39, 0.29) is 24.6 Å². The number of anilines is 2. The molecule has 0 aromatic heterocycles. The first-order chi connectivity index (χ1) is 13.3. The lowest BCUT2D eigenvalue weighted by molar-refractivity contribution is -0.387. The van der Waals surface area contributed by atoms with Crippen LogP contribution < -0.4 is 15.0 Å². The number of ether oxygens (including phenoxy) is 1. The van der Waals surface area contributed by atoms with Crippen LogP contribution in [0.4, 0.5) is 21.5 Å². The molecule has 8 nitrogen and oxygen atoms in total. The van der Waals surface area contributed by atoms with E-state index >= 15 is 0 Å². The molecule has 3 rings (SSSR count). The van der Waals surface area contributed by atoms with Gasteiger partial charge in [-0.3, -0.25) is 19.7 Å². The van der Waals surface area contributed by atoms with E-state index in [9.17, 15) is 24.1 Å². The minimum Gasteiger partial charge on any atom is -0.495 e. The van der Waals surface area contributed by atoms with Gasteiger partial charge in [0.2, 0.25) is 17.6 Å². The van der Waals surface area contributed by atoms with Crippen LogP contribution in [-0.4, -0.2) is 30.4 Å². The van der Waals surface area contributed by atoms with Gasteiger partial charge in [0.25, 0.3) is 0 Å². The van der Waals surface area contributed by atoms with E-state index < -0.39 is 28.3 Å². The molecule has 0 bridgehead atoms. The van der Waals surface area contributed by atoms with Gasteiger partial charge in [0.1, 0.15) is 5.75 Å². The summed E-state index contributed by atoms with van der Waals surface area (Å²) >= 11 is 0. The molecule has 1 unspecified atom stereocenters. The second kappa shape index (κ2) is 7.63. The first-order valence-corrected chi connectivity index (χ1v) is 8.50. The Morgan fingerprint density at radius 1 is 1.32 bits per heavy atom. The zero-order chi connectivity index (χ0) is 20.4. The summed E-state index contributed by atoms with van der Waals surface area (Å²) < 4.78 is 18.7. The van der Waals surface area contributed by atoms with Gasteiger partial charge in [-0.05, 0) is 36.8 Å². The maximum atomic E-state index is 13.4. The van der Waals surface area contributed by atoms with Crippen molar-refractivity contribution in [1.29, 1.82) is 0 Å². The third kappa shape index (κ3) is 3.78. The van der Waals surface area contributed by atoms with Crippen LogP contribution in [0.3, 0.4) is 0 Å². The zero-order valence-electron chi connectivity index (χ0n) is 15.3. The van der Waals surface area contributed by atoms with Crippen LogP contribution in [0.2, 0.25) is 0 Å². The summed E-state index contributed by atoms with van der Waals surface area (Å²) in [5, 5.41) is 13.4. The highest BCUT2D eigenvalue weighted by atomic mass is 19.1. The van der Waals surface area contributed by atoms with Crippen LogP contribution in [0.1, 0.15) is 12.0 Å². The van der Waals surface area contributed by atoms with Crippen LogP contribution in [0.5, 0.6) is 5.75 Å². The number of rotatable bonds is 5. The van der Waals surface area contributed by atoms with E-state index in [0.29, 0.717) is 11.4 Å². The van der Waals surface area contributed by atoms with Gasteiger partial charge in [0, 0.05) is 24.7 Å². The summed E-state index contributed by atoms with van der Waals surface area (Å²) in [7, 11) is 1.50. The molecule has 1 atom stereocenters. The average molecular weight is 387 g/mol. The van der Waals surface area contributed by atoms with Crippen LogP contribution in [0.15, 0.2) is 36.4 Å². The summed E-state index contributed by atoms with van der Waals surface area (Å²) in [6.07, 6.45) is -0.00772. The van der Waals surface area contributed by atoms with Crippen molar-refractivity contribution in [2.75, 3.05) is 23.9 Å². The molecule has 2 aromatic carbocycles. The highest BCUT2D eigenvalue weighted by Gasteiger charge is 2.36. The number of benzene rings is 2. The SMILES string of the molecule is COc1ccc(C)cc1N1CC(C(=O)Nc2ccc(F)c([N+](=O)[O-])c2)CC1=O. The monoisotopic (exact) mass is 387 g/mol. The quantitative estimate of drug-likeness (QED) is 0.628. The Morgan fingerprint density at radius 3 is 2.75 bits per heavy atom. The van der Waals surface area contributed by atoms with Gasteiger partial charge in [-0.2, -0.15) is 4.39 Å². The van der Waals surface area contributed by atoms with Gasteiger partial charge in [0.15, 0.2) is 0 Å². The number of nitrogens with zero attached hydrogens (tertiary/aromatic N) is 2. The van der Waals surface area contributed by atoms with Crippen molar-refractivity contribution in [2.45, 2.75) is 13.3 Å². The van der Waals surface area contributed by atoms with Crippen molar-refractivity contribution < 1.29 is 23.6 Å². The van der Waals surface area contributed by atoms with E-state index in [1.807, 2.05) is 13.0 Å². The highest BCUT2D eigenvalue weighted by Crippen LogP contribution is 2.34. The highest BCUT2D eigenvalue weighted by molar-refractivity contribution is 6.04. The summed E-state index contributed by atoms with van der Waals surface area (Å²) in [5.41, 5.74) is 0.888. The van der Waals surface area contributed by atoms with Crippen molar-refractivity contribution >= 4 is 28.9 Å². The molecular formula is C19H18FN3O5. The molecule has 1 N–H and O–H groups in total. The predicted molar refractivity (Wildman–Crippen MR) is 99.9 cm³/mol. The van der Waals surface area contributed by atoms with Gasteiger partial charge >= 0.3 is 5.69 Å². The lowest BCUT2D eigenvalue weighted by Gasteiger charge is -2.20. The van der Waals surface area contributed by atoms with Crippen molar-refractivity contribution in [3.8, 4) is 5.75 Å². The average Bonchev–Trinajstić information content (AvgIpc) is 3.04. The molecule has 2 amide bonds. The summed E-state index contributed by atoms with van der Waals surface area (Å²) in [5.74, 6) is -1.81. The standard InChI is InChI=1S/C19H18FN3O5/c1-11-3-6-17(28-2)16(7-11)22-10-12(8-18(22)24)19(25)21-13-4-5-14(20)15(9-13)23(26)27/h3-7,9,12H,8,10H2,1-2H3,(H,21,25). The van der Waals surface area contributed by atoms with Gasteiger partial charge < -0.3 is 15.0 Å². The fraction of sp³-hybridized carbons (Fsp3) is 0.263. The molecule has 146 valence electrons. The van der Waals surface area contributed by atoms with Gasteiger partial charge in [-0.15, -0.1) is 0 Å². The van der Waals surface area contributed by atoms with Gasteiger partial charge in [-0.1, -0.05) is 6.07 Å². The van der Waals surface area contributed by atoms with Crippen molar-refractivity contribution in [3.05, 3.63) is 57.9 Å². The topological polar surface area (TPSA) is 102 Å². The third-order valence-electron chi connectivity index (χ3n) is 4.53. The first kappa shape index (κ1) is 19.3. The molecule has 1 fully saturated rings. The summed E-state index contributed by atoms with van der Waals surface area (Å²) in [6, 6.07) is 8.51. The van der Waals surface area contributed by atoms with Crippen LogP contribution in [0, 0.1) is 28.8 Å². The molecule has 1 aliphatic rings. The minimum absolute atomic E-state index is 0.00772. The Hall–Kier alpha value is -3.49. The molecule has 1 heterocycles. The second-order valence-corrected chi connectivity index (χ2v) is 6.49. The number of aryl methyl sites for hydroxylation is 1. The lowest BCUT2D eigenvalue weighted by atomic mass is 10.1. The number of nitrogens with one attached hydrogen (secondary N) is 1. The minimum atomic E-state index is -0.989. The van der Waals surface area contributed by atoms with Crippen LogP contribution in [-0.2, 0) is 9.59 Å². The number of amides is 2. The first-order valence-electron chi connectivity index (χ1n) is 8.50. The Morgan fingerprint density at radius 2 is 2.07 bits per heavy atom. The summed E-state index contributed by atoms with van der Waals surface area (Å²) in [4.78, 5) is 36.5. The largest absolute Gasteiger partial charge is 0.495 e. The number of carbonyl (C=O) groups is 2. The van der Waals surface area contributed by atoms with Gasteiger partial charge in [0.05, 0.1) is 23.6 Å². The van der Waals surface area contributed by atoms with E-state index in [1.165, 1.54) is 18.1 Å². The number of halogens is 1. The molecule has 0 spiro atoms. The van der Waals surface area contributed by atoms with E-state index in [0.717, 1.165) is 17.7 Å². The van der Waals surface area contributed by atoms with E-state index in [4.69, 9.17) is 4.74 Å². The van der Waals surface area contributed by atoms with E-state index in [2.05, 4.69) is 5.32 Å². The van der Waals surface area contributed by atoms with Crippen molar-refractivity contribution in [1.82, 2.24) is 0 Å². The molecule has 0 saturated carbocycles. The fourth-order valence-electron chi connectivity index (χ4n) is 3.10. The second-order valence-electron chi connectivity index (χ2n) is 6.49. The molecular weight excluding hydrogens is 369 g/mol. The normalized spacial score (nSPS) is 16.2. The maximum absolute atomic E-state index is 13.4. The number of nitro groups is 1. The van der Waals surface area contributed by atoms with Crippen LogP contribution >= 0.6 is 0 Å². The number of hydrogen-bond donors (Lipinski definition) is 1. The molecule has 9 heteroatoms. The fourth-order valence-corrected chi connectivity index (χ4v) is 3.10. The van der Waals surface area contributed by atoms with Crippen LogP contribution in [0.25, 0.3) is 0 Å². The molecule has 0 aliphatic carbocycles. The number of methoxy groups -OCH3 is 1. The summed E-state index contributed by atoms with van der Waals surface area (Å²) in [6.45, 7) is 2.03. The Balaban J connectivity index is 1.77. The smallest absolute Gasteiger partial charge is 0.306 e. The number of carbonyl (C=O) groups excluding carboxylic acids is 2. The van der Waals surface area contributed by atoms with Crippen molar-refractivity contribution in [3.63, 3.8) is 0 Å². The number of nitro benzene ring substituents is 1. The third-order valence-corrected chi connectivity index (χ3v) is 4.53. The van der Waals surface area contributed by atoms with Gasteiger partial charge in [-0.25, -0.2) is 0 Å². The number of hydrogen-bond acceptors (Lipinski definition) is 5. The Bertz CT molecular complexity index is 963. The lowest BCUT2D eigenvalue weighted by Crippen LogP contribution is -2.28. The zero-order valence-corrected chi connectivity index (χ0v) is 15.3. The van der Waals surface area contributed by atoms with Crippen molar-refractivity contribution in [2.24, 2.45) is 5.92 Å². The molecule has 1 aliphatic heterocycles. The molecule has 2 aromatic rings. The maximum Gasteiger partial charge on any atom is 0.306 e. The molecule has 28 heavy (non-hydrogen) atoms. The Labute approximate surface area is 160 Å².